The first-order valence-corrected chi connectivity index (χ1v) is 3.23. The molecule has 0 aromatic heterocycles. The van der Waals surface area contributed by atoms with Crippen LogP contribution in [0.15, 0.2) is 36.0 Å². The van der Waals surface area contributed by atoms with Crippen molar-refractivity contribution >= 4 is 5.97 Å². The molecule has 60 valence electrons. The highest BCUT2D eigenvalue weighted by molar-refractivity contribution is 5.92. The van der Waals surface area contributed by atoms with Crippen LogP contribution >= 0.6 is 0 Å². The van der Waals surface area contributed by atoms with Crippen LogP contribution in [0.25, 0.3) is 0 Å². The third-order valence-corrected chi connectivity index (χ3v) is 1.34. The van der Waals surface area contributed by atoms with E-state index in [2.05, 4.69) is 13.2 Å². The molecule has 0 aliphatic carbocycles. The number of hydrogen-bond acceptors (Lipinski definition) is 1. The van der Waals surface area contributed by atoms with E-state index in [0.29, 0.717) is 11.1 Å². The van der Waals surface area contributed by atoms with Gasteiger partial charge in [-0.25, -0.2) is 4.79 Å². The minimum Gasteiger partial charge on any atom is -0.478 e. The fourth-order valence-electron chi connectivity index (χ4n) is 0.790. The zero-order valence-corrected chi connectivity index (χ0v) is 6.85. The maximum absolute atomic E-state index is 10.6. The van der Waals surface area contributed by atoms with Crippen molar-refractivity contribution in [2.75, 3.05) is 0 Å². The fourth-order valence-corrected chi connectivity index (χ4v) is 0.790. The van der Waals surface area contributed by atoms with Crippen molar-refractivity contribution in [2.45, 2.75) is 13.8 Å². The van der Waals surface area contributed by atoms with Crippen LogP contribution in [0.3, 0.4) is 0 Å². The molecular formula is C9H12O2. The Morgan fingerprint density at radius 3 is 2.00 bits per heavy atom. The van der Waals surface area contributed by atoms with Gasteiger partial charge in [0.25, 0.3) is 0 Å². The van der Waals surface area contributed by atoms with Crippen molar-refractivity contribution in [3.8, 4) is 0 Å². The zero-order valence-electron chi connectivity index (χ0n) is 6.85. The molecular weight excluding hydrogens is 140 g/mol. The van der Waals surface area contributed by atoms with Crippen LogP contribution in [0.1, 0.15) is 13.8 Å². The predicted molar refractivity (Wildman–Crippen MR) is 45.3 cm³/mol. The van der Waals surface area contributed by atoms with Gasteiger partial charge in [-0.1, -0.05) is 19.2 Å². The largest absolute Gasteiger partial charge is 0.478 e. The molecule has 0 aliphatic rings. The lowest BCUT2D eigenvalue weighted by molar-refractivity contribution is -0.132. The van der Waals surface area contributed by atoms with Crippen molar-refractivity contribution < 1.29 is 9.90 Å². The van der Waals surface area contributed by atoms with Gasteiger partial charge in [0, 0.05) is 0 Å². The van der Waals surface area contributed by atoms with Crippen molar-refractivity contribution in [3.05, 3.63) is 36.0 Å². The summed E-state index contributed by atoms with van der Waals surface area (Å²) in [7, 11) is 0. The number of carboxylic acids is 1. The third-order valence-electron chi connectivity index (χ3n) is 1.34. The Morgan fingerprint density at radius 2 is 1.91 bits per heavy atom. The minimum absolute atomic E-state index is 0.250. The quantitative estimate of drug-likeness (QED) is 0.497. The molecule has 2 heteroatoms. The molecule has 0 aliphatic heterocycles. The lowest BCUT2D eigenvalue weighted by Gasteiger charge is -2.02. The first kappa shape index (κ1) is 9.69. The highest BCUT2D eigenvalue weighted by Gasteiger charge is 2.09. The van der Waals surface area contributed by atoms with Gasteiger partial charge in [0.2, 0.25) is 0 Å². The van der Waals surface area contributed by atoms with Gasteiger partial charge >= 0.3 is 5.97 Å². The van der Waals surface area contributed by atoms with Gasteiger partial charge in [-0.2, -0.15) is 0 Å². The molecule has 0 bridgehead atoms. The fraction of sp³-hybridized carbons (Fsp3) is 0.222. The summed E-state index contributed by atoms with van der Waals surface area (Å²) in [6.07, 6.45) is 1.51. The second-order valence-electron chi connectivity index (χ2n) is 2.35. The number of aliphatic carboxylic acids is 1. The Kier molecular flexibility index (Phi) is 3.31. The molecule has 0 atom stereocenters. The van der Waals surface area contributed by atoms with Crippen molar-refractivity contribution in [1.82, 2.24) is 0 Å². The molecule has 1 N–H and O–H groups in total. The van der Waals surface area contributed by atoms with Gasteiger partial charge in [-0.3, -0.25) is 0 Å². The van der Waals surface area contributed by atoms with E-state index in [9.17, 15) is 4.79 Å². The van der Waals surface area contributed by atoms with Crippen molar-refractivity contribution in [3.63, 3.8) is 0 Å². The minimum atomic E-state index is -0.949. The molecule has 0 amide bonds. The molecule has 0 unspecified atom stereocenters. The Morgan fingerprint density at radius 1 is 1.45 bits per heavy atom. The van der Waals surface area contributed by atoms with Crippen LogP contribution in [0.2, 0.25) is 0 Å². The molecule has 11 heavy (non-hydrogen) atoms. The van der Waals surface area contributed by atoms with Gasteiger partial charge in [0.15, 0.2) is 0 Å². The molecule has 0 saturated heterocycles. The standard InChI is InChI=1S/C9H12O2/c1-5-7(4)8(6(2)3)9(10)11/h5H,1-2H2,3-4H3,(H,10,11)/b8-7+. The van der Waals surface area contributed by atoms with Gasteiger partial charge in [-0.15, -0.1) is 0 Å². The van der Waals surface area contributed by atoms with Crippen molar-refractivity contribution in [2.24, 2.45) is 0 Å². The lowest BCUT2D eigenvalue weighted by Crippen LogP contribution is -2.03. The molecule has 0 aromatic rings. The Balaban J connectivity index is 5.04. The van der Waals surface area contributed by atoms with E-state index in [0.717, 1.165) is 0 Å². The van der Waals surface area contributed by atoms with E-state index in [1.54, 1.807) is 13.8 Å². The zero-order chi connectivity index (χ0) is 9.02. The highest BCUT2D eigenvalue weighted by Crippen LogP contribution is 2.13. The van der Waals surface area contributed by atoms with Crippen molar-refractivity contribution in [1.29, 1.82) is 0 Å². The predicted octanol–water partition coefficient (Wildman–Crippen LogP) is 2.15. The second kappa shape index (κ2) is 3.76. The van der Waals surface area contributed by atoms with Gasteiger partial charge in [0.05, 0.1) is 5.57 Å². The molecule has 0 radical (unpaired) electrons. The molecule has 0 fully saturated rings. The average molecular weight is 152 g/mol. The summed E-state index contributed by atoms with van der Waals surface area (Å²) in [5, 5.41) is 8.68. The molecule has 0 heterocycles. The number of rotatable bonds is 3. The first-order valence-electron chi connectivity index (χ1n) is 3.23. The average Bonchev–Trinajstić information content (AvgIpc) is 1.85. The summed E-state index contributed by atoms with van der Waals surface area (Å²) in [6.45, 7) is 10.4. The smallest absolute Gasteiger partial charge is 0.336 e. The third kappa shape index (κ3) is 2.42. The first-order chi connectivity index (χ1) is 5.00. The van der Waals surface area contributed by atoms with Crippen LogP contribution < -0.4 is 0 Å². The molecule has 0 rings (SSSR count). The van der Waals surface area contributed by atoms with E-state index >= 15 is 0 Å². The van der Waals surface area contributed by atoms with Crippen LogP contribution in [0.5, 0.6) is 0 Å². The van der Waals surface area contributed by atoms with E-state index in [4.69, 9.17) is 5.11 Å². The summed E-state index contributed by atoms with van der Waals surface area (Å²) in [5.74, 6) is -0.949. The molecule has 0 aromatic carbocycles. The Bertz CT molecular complexity index is 218. The number of carboxylic acid groups (broad SMARTS) is 1. The van der Waals surface area contributed by atoms with Crippen LogP contribution in [0, 0.1) is 0 Å². The summed E-state index contributed by atoms with van der Waals surface area (Å²) in [4.78, 5) is 10.6. The van der Waals surface area contributed by atoms with Crippen LogP contribution in [-0.4, -0.2) is 11.1 Å². The molecule has 0 saturated carbocycles. The highest BCUT2D eigenvalue weighted by atomic mass is 16.4. The lowest BCUT2D eigenvalue weighted by atomic mass is 10.0. The van der Waals surface area contributed by atoms with Gasteiger partial charge < -0.3 is 5.11 Å². The number of carbonyl (C=O) groups is 1. The Labute approximate surface area is 66.5 Å². The SMILES string of the molecule is C=C/C(C)=C(\C(=C)C)C(=O)O. The monoisotopic (exact) mass is 152 g/mol. The number of allylic oxidation sites excluding steroid dienone is 2. The molecule has 0 spiro atoms. The summed E-state index contributed by atoms with van der Waals surface area (Å²) in [6, 6.07) is 0. The van der Waals surface area contributed by atoms with Gasteiger partial charge in [0.1, 0.15) is 0 Å². The maximum atomic E-state index is 10.6. The summed E-state index contributed by atoms with van der Waals surface area (Å²) in [5.41, 5.74) is 1.44. The second-order valence-corrected chi connectivity index (χ2v) is 2.35. The van der Waals surface area contributed by atoms with E-state index < -0.39 is 5.97 Å². The van der Waals surface area contributed by atoms with Crippen LogP contribution in [-0.2, 0) is 4.79 Å². The van der Waals surface area contributed by atoms with E-state index in [1.165, 1.54) is 6.08 Å². The normalized spacial score (nSPS) is 11.8. The van der Waals surface area contributed by atoms with E-state index in [1.807, 2.05) is 0 Å². The van der Waals surface area contributed by atoms with Crippen LogP contribution in [0.4, 0.5) is 0 Å². The summed E-state index contributed by atoms with van der Waals surface area (Å²) < 4.78 is 0. The number of hydrogen-bond donors (Lipinski definition) is 1. The molecule has 2 nitrogen and oxygen atoms in total. The maximum Gasteiger partial charge on any atom is 0.336 e. The Hall–Kier alpha value is -1.31. The van der Waals surface area contributed by atoms with Gasteiger partial charge in [-0.05, 0) is 25.0 Å². The topological polar surface area (TPSA) is 37.3 Å². The summed E-state index contributed by atoms with van der Waals surface area (Å²) >= 11 is 0. The van der Waals surface area contributed by atoms with E-state index in [-0.39, 0.29) is 5.57 Å².